The van der Waals surface area contributed by atoms with Crippen LogP contribution in [0.4, 0.5) is 0 Å². The van der Waals surface area contributed by atoms with Crippen molar-refractivity contribution < 1.29 is 9.59 Å². The zero-order valence-electron chi connectivity index (χ0n) is 15.1. The average Bonchev–Trinajstić information content (AvgIpc) is 2.78. The lowest BCUT2D eigenvalue weighted by Gasteiger charge is -2.34. The van der Waals surface area contributed by atoms with Crippen molar-refractivity contribution in [2.45, 2.75) is 71.4 Å². The number of hydrogen-bond donors (Lipinski definition) is 0. The highest BCUT2D eigenvalue weighted by Gasteiger charge is 2.32. The van der Waals surface area contributed by atoms with Gasteiger partial charge in [0.25, 0.3) is 0 Å². The van der Waals surface area contributed by atoms with E-state index in [1.807, 2.05) is 11.8 Å². The molecule has 2 saturated heterocycles. The van der Waals surface area contributed by atoms with E-state index >= 15 is 0 Å². The molecule has 2 fully saturated rings. The minimum Gasteiger partial charge on any atom is -0.337 e. The number of likely N-dealkylation sites (tertiary alicyclic amines) is 2. The first-order valence-electron chi connectivity index (χ1n) is 9.33. The Morgan fingerprint density at radius 3 is 2.22 bits per heavy atom. The van der Waals surface area contributed by atoms with Crippen molar-refractivity contribution in [3.8, 4) is 0 Å². The highest BCUT2D eigenvalue weighted by molar-refractivity contribution is 5.88. The molecule has 2 aliphatic rings. The summed E-state index contributed by atoms with van der Waals surface area (Å²) in [6, 6.07) is -0.147. The highest BCUT2D eigenvalue weighted by atomic mass is 16.2. The molecule has 0 bridgehead atoms. The van der Waals surface area contributed by atoms with Crippen molar-refractivity contribution in [2.24, 2.45) is 0 Å². The number of carbonyl (C=O) groups excluding carboxylic acids is 2. The van der Waals surface area contributed by atoms with Crippen molar-refractivity contribution >= 4 is 11.8 Å². The summed E-state index contributed by atoms with van der Waals surface area (Å²) >= 11 is 0. The van der Waals surface area contributed by atoms with E-state index in [1.54, 1.807) is 4.90 Å². The molecule has 2 amide bonds. The largest absolute Gasteiger partial charge is 0.337 e. The van der Waals surface area contributed by atoms with E-state index < -0.39 is 0 Å². The lowest BCUT2D eigenvalue weighted by molar-refractivity contribution is -0.144. The standard InChI is InChI=1S/C18H33N3O2/c1-15(2)20(14-13-19-10-6-4-5-7-11-19)18(23)16(3)21-12-8-9-17(21)22/h15-16H,4-14H2,1-3H3. The fourth-order valence-electron chi connectivity index (χ4n) is 3.68. The molecule has 1 atom stereocenters. The van der Waals surface area contributed by atoms with Crippen molar-refractivity contribution in [3.05, 3.63) is 0 Å². The van der Waals surface area contributed by atoms with Gasteiger partial charge in [0.2, 0.25) is 11.8 Å². The van der Waals surface area contributed by atoms with Crippen LogP contribution in [-0.4, -0.2) is 71.3 Å². The van der Waals surface area contributed by atoms with Gasteiger partial charge in [0.05, 0.1) is 0 Å². The van der Waals surface area contributed by atoms with Gasteiger partial charge in [-0.1, -0.05) is 12.8 Å². The molecule has 0 aromatic rings. The van der Waals surface area contributed by atoms with E-state index in [0.29, 0.717) is 6.42 Å². The molecule has 1 unspecified atom stereocenters. The van der Waals surface area contributed by atoms with E-state index in [0.717, 1.165) is 39.1 Å². The van der Waals surface area contributed by atoms with E-state index in [4.69, 9.17) is 0 Å². The molecule has 0 aromatic carbocycles. The van der Waals surface area contributed by atoms with Crippen LogP contribution in [0.3, 0.4) is 0 Å². The van der Waals surface area contributed by atoms with Crippen LogP contribution < -0.4 is 0 Å². The maximum atomic E-state index is 12.9. The van der Waals surface area contributed by atoms with Crippen molar-refractivity contribution in [3.63, 3.8) is 0 Å². The molecule has 0 radical (unpaired) electrons. The van der Waals surface area contributed by atoms with Gasteiger partial charge in [-0.15, -0.1) is 0 Å². The van der Waals surface area contributed by atoms with E-state index in [2.05, 4.69) is 18.7 Å². The van der Waals surface area contributed by atoms with Gasteiger partial charge in [-0.3, -0.25) is 9.59 Å². The molecule has 0 aromatic heterocycles. The fourth-order valence-corrected chi connectivity index (χ4v) is 3.68. The Balaban J connectivity index is 1.91. The summed E-state index contributed by atoms with van der Waals surface area (Å²) in [5.41, 5.74) is 0. The number of amides is 2. The Bertz CT molecular complexity index is 403. The quantitative estimate of drug-likeness (QED) is 0.752. The van der Waals surface area contributed by atoms with Gasteiger partial charge >= 0.3 is 0 Å². The number of hydrogen-bond acceptors (Lipinski definition) is 3. The third-order valence-electron chi connectivity index (χ3n) is 5.20. The zero-order chi connectivity index (χ0) is 16.8. The average molecular weight is 323 g/mol. The molecular weight excluding hydrogens is 290 g/mol. The van der Waals surface area contributed by atoms with Crippen molar-refractivity contribution in [1.82, 2.24) is 14.7 Å². The van der Waals surface area contributed by atoms with Crippen LogP contribution in [0.25, 0.3) is 0 Å². The smallest absolute Gasteiger partial charge is 0.245 e. The van der Waals surface area contributed by atoms with Crippen LogP contribution in [0.15, 0.2) is 0 Å². The maximum absolute atomic E-state index is 12.9. The van der Waals surface area contributed by atoms with Crippen LogP contribution in [0.5, 0.6) is 0 Å². The summed E-state index contributed by atoms with van der Waals surface area (Å²) in [6.45, 7) is 10.8. The Hall–Kier alpha value is -1.10. The molecule has 2 aliphatic heterocycles. The van der Waals surface area contributed by atoms with E-state index in [9.17, 15) is 9.59 Å². The number of carbonyl (C=O) groups is 2. The molecular formula is C18H33N3O2. The van der Waals surface area contributed by atoms with E-state index in [1.165, 1.54) is 25.7 Å². The summed E-state index contributed by atoms with van der Waals surface area (Å²) in [7, 11) is 0. The number of rotatable bonds is 6. The molecule has 5 heteroatoms. The molecule has 0 aliphatic carbocycles. The first-order valence-corrected chi connectivity index (χ1v) is 9.33. The SMILES string of the molecule is CC(C)N(CCN1CCCCCC1)C(=O)C(C)N1CCCC1=O. The van der Waals surface area contributed by atoms with Gasteiger partial charge in [-0.2, -0.15) is 0 Å². The van der Waals surface area contributed by atoms with Crippen LogP contribution >= 0.6 is 0 Å². The van der Waals surface area contributed by atoms with Gasteiger partial charge in [0.15, 0.2) is 0 Å². The third-order valence-corrected chi connectivity index (χ3v) is 5.20. The van der Waals surface area contributed by atoms with Gasteiger partial charge in [0, 0.05) is 32.1 Å². The second-order valence-corrected chi connectivity index (χ2v) is 7.25. The predicted molar refractivity (Wildman–Crippen MR) is 92.2 cm³/mol. The molecule has 0 saturated carbocycles. The van der Waals surface area contributed by atoms with Crippen molar-refractivity contribution in [1.29, 1.82) is 0 Å². The third kappa shape index (κ3) is 4.93. The van der Waals surface area contributed by atoms with Crippen LogP contribution in [0, 0.1) is 0 Å². The summed E-state index contributed by atoms with van der Waals surface area (Å²) in [6.07, 6.45) is 6.68. The van der Waals surface area contributed by atoms with Crippen LogP contribution in [0.1, 0.15) is 59.3 Å². The molecule has 2 heterocycles. The Morgan fingerprint density at radius 1 is 1.04 bits per heavy atom. The summed E-state index contributed by atoms with van der Waals surface area (Å²) in [5.74, 6) is 0.229. The molecule has 2 rings (SSSR count). The minimum atomic E-state index is -0.323. The maximum Gasteiger partial charge on any atom is 0.245 e. The predicted octanol–water partition coefficient (Wildman–Crippen LogP) is 2.11. The highest BCUT2D eigenvalue weighted by Crippen LogP contribution is 2.16. The first kappa shape index (κ1) is 18.2. The van der Waals surface area contributed by atoms with Gasteiger partial charge in [-0.05, 0) is 53.1 Å². The monoisotopic (exact) mass is 323 g/mol. The Kier molecular flexibility index (Phi) is 6.88. The summed E-state index contributed by atoms with van der Waals surface area (Å²) < 4.78 is 0. The second-order valence-electron chi connectivity index (χ2n) is 7.25. The Morgan fingerprint density at radius 2 is 1.70 bits per heavy atom. The molecule has 0 N–H and O–H groups in total. The fraction of sp³-hybridized carbons (Fsp3) is 0.889. The van der Waals surface area contributed by atoms with Gasteiger partial charge < -0.3 is 14.7 Å². The minimum absolute atomic E-state index is 0.102. The summed E-state index contributed by atoms with van der Waals surface area (Å²) in [5, 5.41) is 0. The number of nitrogens with zero attached hydrogens (tertiary/aromatic N) is 3. The first-order chi connectivity index (χ1) is 11.0. The lowest BCUT2D eigenvalue weighted by Crippen LogP contribution is -2.51. The molecule has 132 valence electrons. The Labute approximate surface area is 141 Å². The topological polar surface area (TPSA) is 43.9 Å². The zero-order valence-corrected chi connectivity index (χ0v) is 15.1. The van der Waals surface area contributed by atoms with Crippen LogP contribution in [-0.2, 0) is 9.59 Å². The lowest BCUT2D eigenvalue weighted by atomic mass is 10.2. The van der Waals surface area contributed by atoms with Gasteiger partial charge in [0.1, 0.15) is 6.04 Å². The molecule has 23 heavy (non-hydrogen) atoms. The normalized spacial score (nSPS) is 21.6. The molecule has 5 nitrogen and oxygen atoms in total. The second kappa shape index (κ2) is 8.67. The van der Waals surface area contributed by atoms with Gasteiger partial charge in [-0.25, -0.2) is 0 Å². The summed E-state index contributed by atoms with van der Waals surface area (Å²) in [4.78, 5) is 31.0. The molecule has 0 spiro atoms. The van der Waals surface area contributed by atoms with Crippen molar-refractivity contribution in [2.75, 3.05) is 32.7 Å². The van der Waals surface area contributed by atoms with E-state index in [-0.39, 0.29) is 23.9 Å². The van der Waals surface area contributed by atoms with Crippen LogP contribution in [0.2, 0.25) is 0 Å².